The summed E-state index contributed by atoms with van der Waals surface area (Å²) in [5, 5.41) is 0. The van der Waals surface area contributed by atoms with E-state index in [1.54, 1.807) is 0 Å². The monoisotopic (exact) mass is 184 g/mol. The molecule has 0 saturated heterocycles. The molecule has 0 amide bonds. The number of rotatable bonds is 3. The summed E-state index contributed by atoms with van der Waals surface area (Å²) in [7, 11) is 0. The van der Waals surface area contributed by atoms with Gasteiger partial charge in [-0.3, -0.25) is 4.99 Å². The van der Waals surface area contributed by atoms with Crippen LogP contribution in [-0.4, -0.2) is 30.9 Å². The molecule has 0 fully saturated rings. The molecule has 0 atom stereocenters. The smallest absolute Gasteiger partial charge is 0.0851 e. The first-order chi connectivity index (χ1) is 5.58. The highest BCUT2D eigenvalue weighted by Crippen LogP contribution is 2.20. The summed E-state index contributed by atoms with van der Waals surface area (Å²) in [4.78, 5) is 6.49. The Morgan fingerprint density at radius 2 is 2.08 bits per heavy atom. The Morgan fingerprint density at radius 3 is 2.54 bits per heavy atom. The first-order valence-corrected chi connectivity index (χ1v) is 4.82. The van der Waals surface area contributed by atoms with Crippen LogP contribution in [0.1, 0.15) is 41.0 Å². The number of hydrogen-bond acceptors (Lipinski definition) is 2. The van der Waals surface area contributed by atoms with E-state index in [9.17, 15) is 0 Å². The molecule has 0 aromatic carbocycles. The zero-order valence-electron chi connectivity index (χ0n) is 8.51. The van der Waals surface area contributed by atoms with Crippen LogP contribution < -0.4 is 0 Å². The highest BCUT2D eigenvalue weighted by atomic mass is 15.2. The maximum absolute atomic E-state index is 4.18. The van der Waals surface area contributed by atoms with Crippen LogP contribution >= 0.6 is 0 Å². The summed E-state index contributed by atoms with van der Waals surface area (Å²) in [6.07, 6.45) is 4.58. The highest BCUT2D eigenvalue weighted by molar-refractivity contribution is 5.56. The molecule has 13 heavy (non-hydrogen) atoms. The molecule has 1 aliphatic heterocycles. The van der Waals surface area contributed by atoms with E-state index >= 15 is 0 Å². The van der Waals surface area contributed by atoms with E-state index in [0.717, 1.165) is 13.1 Å². The normalized spacial score (nSPS) is 16.1. The largest absolute Gasteiger partial charge is 0.361 e. The van der Waals surface area contributed by atoms with E-state index in [1.165, 1.54) is 19.4 Å². The van der Waals surface area contributed by atoms with E-state index < -0.39 is 0 Å². The van der Waals surface area contributed by atoms with Crippen molar-refractivity contribution < 1.29 is 0 Å². The molecule has 0 aromatic heterocycles. The van der Waals surface area contributed by atoms with Gasteiger partial charge in [0.25, 0.3) is 0 Å². The predicted octanol–water partition coefficient (Wildman–Crippen LogP) is 2.79. The minimum atomic E-state index is 0. The zero-order valence-corrected chi connectivity index (χ0v) is 8.51. The van der Waals surface area contributed by atoms with Gasteiger partial charge in [0.2, 0.25) is 0 Å². The first-order valence-electron chi connectivity index (χ1n) is 4.82. The number of hydrogen-bond donors (Lipinski definition) is 0. The molecule has 0 saturated carbocycles. The van der Waals surface area contributed by atoms with E-state index in [1.807, 2.05) is 6.34 Å². The molecule has 0 bridgehead atoms. The zero-order chi connectivity index (χ0) is 9.03. The molecular weight excluding hydrogens is 160 g/mol. The molecule has 0 aromatic rings. The van der Waals surface area contributed by atoms with Crippen molar-refractivity contribution in [2.75, 3.05) is 19.6 Å². The van der Waals surface area contributed by atoms with Crippen molar-refractivity contribution in [3.8, 4) is 0 Å². The van der Waals surface area contributed by atoms with Gasteiger partial charge in [0.05, 0.1) is 12.9 Å². The number of aliphatic imine (C=N–C) groups is 1. The van der Waals surface area contributed by atoms with Crippen LogP contribution in [0.25, 0.3) is 0 Å². The Bertz CT molecular complexity index is 156. The van der Waals surface area contributed by atoms with Crippen molar-refractivity contribution in [1.82, 2.24) is 4.90 Å². The summed E-state index contributed by atoms with van der Waals surface area (Å²) in [5.41, 5.74) is 0.483. The van der Waals surface area contributed by atoms with Crippen LogP contribution in [0.15, 0.2) is 4.99 Å². The molecule has 2 heteroatoms. The Hall–Kier alpha value is -0.530. The molecule has 0 N–H and O–H groups in total. The highest BCUT2D eigenvalue weighted by Gasteiger charge is 2.11. The summed E-state index contributed by atoms with van der Waals surface area (Å²) in [6.45, 7) is 10.2. The topological polar surface area (TPSA) is 15.6 Å². The fourth-order valence-electron chi connectivity index (χ4n) is 1.40. The maximum Gasteiger partial charge on any atom is 0.0851 e. The van der Waals surface area contributed by atoms with E-state index in [0.29, 0.717) is 5.41 Å². The lowest BCUT2D eigenvalue weighted by Crippen LogP contribution is -2.22. The average molecular weight is 184 g/mol. The Labute approximate surface area is 83.0 Å². The standard InChI is InChI=1S/C10H20N2.CH4/c1-10(2,3)5-4-7-12-8-6-11-9-12;/h9H,4-8H2,1-3H3;1H4. The molecule has 0 radical (unpaired) electrons. The SMILES string of the molecule is C.CC(C)(C)CCCN1C=NCC1. The summed E-state index contributed by atoms with van der Waals surface area (Å²) in [6, 6.07) is 0. The third-order valence-corrected chi connectivity index (χ3v) is 2.13. The van der Waals surface area contributed by atoms with Crippen molar-refractivity contribution in [3.05, 3.63) is 0 Å². The lowest BCUT2D eigenvalue weighted by atomic mass is 9.90. The summed E-state index contributed by atoms with van der Waals surface area (Å²) >= 11 is 0. The summed E-state index contributed by atoms with van der Waals surface area (Å²) in [5.74, 6) is 0. The molecule has 1 rings (SSSR count). The van der Waals surface area contributed by atoms with Gasteiger partial charge < -0.3 is 4.90 Å². The van der Waals surface area contributed by atoms with Crippen molar-refractivity contribution in [2.45, 2.75) is 41.0 Å². The molecule has 0 aliphatic carbocycles. The maximum atomic E-state index is 4.18. The first kappa shape index (κ1) is 12.5. The molecular formula is C11H24N2. The minimum absolute atomic E-state index is 0. The fourth-order valence-corrected chi connectivity index (χ4v) is 1.40. The van der Waals surface area contributed by atoms with Crippen LogP contribution in [0.4, 0.5) is 0 Å². The van der Waals surface area contributed by atoms with Crippen LogP contribution in [0.5, 0.6) is 0 Å². The quantitative estimate of drug-likeness (QED) is 0.658. The second-order valence-corrected chi connectivity index (χ2v) is 4.72. The third kappa shape index (κ3) is 5.67. The molecule has 1 heterocycles. The van der Waals surface area contributed by atoms with Gasteiger partial charge in [-0.25, -0.2) is 0 Å². The van der Waals surface area contributed by atoms with Crippen LogP contribution in [0, 0.1) is 5.41 Å². The van der Waals surface area contributed by atoms with Crippen molar-refractivity contribution in [3.63, 3.8) is 0 Å². The third-order valence-electron chi connectivity index (χ3n) is 2.13. The van der Waals surface area contributed by atoms with Gasteiger partial charge in [-0.1, -0.05) is 28.2 Å². The van der Waals surface area contributed by atoms with Crippen LogP contribution in [-0.2, 0) is 0 Å². The van der Waals surface area contributed by atoms with E-state index in [2.05, 4.69) is 30.7 Å². The van der Waals surface area contributed by atoms with Crippen LogP contribution in [0.2, 0.25) is 0 Å². The lowest BCUT2D eigenvalue weighted by molar-refractivity contribution is 0.336. The Morgan fingerprint density at radius 1 is 1.38 bits per heavy atom. The van der Waals surface area contributed by atoms with Gasteiger partial charge in [0, 0.05) is 13.1 Å². The average Bonchev–Trinajstić information content (AvgIpc) is 2.36. The minimum Gasteiger partial charge on any atom is -0.361 e. The number of nitrogens with zero attached hydrogens (tertiary/aromatic N) is 2. The van der Waals surface area contributed by atoms with Gasteiger partial charge in [0.1, 0.15) is 0 Å². The summed E-state index contributed by atoms with van der Waals surface area (Å²) < 4.78 is 0. The predicted molar refractivity (Wildman–Crippen MR) is 60.4 cm³/mol. The van der Waals surface area contributed by atoms with Gasteiger partial charge >= 0.3 is 0 Å². The molecule has 0 spiro atoms. The van der Waals surface area contributed by atoms with Crippen molar-refractivity contribution >= 4 is 6.34 Å². The second-order valence-electron chi connectivity index (χ2n) is 4.72. The molecule has 0 unspecified atom stereocenters. The fraction of sp³-hybridized carbons (Fsp3) is 0.909. The van der Waals surface area contributed by atoms with Gasteiger partial charge in [-0.15, -0.1) is 0 Å². The van der Waals surface area contributed by atoms with Gasteiger partial charge in [-0.2, -0.15) is 0 Å². The van der Waals surface area contributed by atoms with Gasteiger partial charge in [0.15, 0.2) is 0 Å². The molecule has 1 aliphatic rings. The van der Waals surface area contributed by atoms with E-state index in [-0.39, 0.29) is 7.43 Å². The van der Waals surface area contributed by atoms with Crippen molar-refractivity contribution in [2.24, 2.45) is 10.4 Å². The Kier molecular flexibility index (Phi) is 5.04. The lowest BCUT2D eigenvalue weighted by Gasteiger charge is -2.20. The molecule has 78 valence electrons. The second kappa shape index (κ2) is 5.25. The van der Waals surface area contributed by atoms with Crippen LogP contribution in [0.3, 0.4) is 0 Å². The Balaban J connectivity index is 0.00000144. The van der Waals surface area contributed by atoms with Crippen molar-refractivity contribution in [1.29, 1.82) is 0 Å². The molecule has 2 nitrogen and oxygen atoms in total. The van der Waals surface area contributed by atoms with Gasteiger partial charge in [-0.05, 0) is 18.3 Å². The van der Waals surface area contributed by atoms with E-state index in [4.69, 9.17) is 0 Å².